The molecule has 1 aliphatic rings. The Balaban J connectivity index is 2.30. The van der Waals surface area contributed by atoms with Crippen molar-refractivity contribution in [2.24, 2.45) is 5.41 Å². The van der Waals surface area contributed by atoms with Crippen LogP contribution in [0.15, 0.2) is 18.2 Å². The molecule has 2 heteroatoms. The van der Waals surface area contributed by atoms with E-state index in [4.69, 9.17) is 5.26 Å². The van der Waals surface area contributed by atoms with Crippen LogP contribution in [0.25, 0.3) is 0 Å². The minimum atomic E-state index is -0.420. The van der Waals surface area contributed by atoms with Gasteiger partial charge in [0.15, 0.2) is 0 Å². The van der Waals surface area contributed by atoms with Crippen molar-refractivity contribution < 1.29 is 5.11 Å². The van der Waals surface area contributed by atoms with Gasteiger partial charge in [0.1, 0.15) is 0 Å². The Hall–Kier alpha value is -1.33. The second-order valence-electron chi connectivity index (χ2n) is 5.09. The molecule has 0 amide bonds. The van der Waals surface area contributed by atoms with Gasteiger partial charge in [0, 0.05) is 11.8 Å². The molecule has 1 aromatic rings. The van der Waals surface area contributed by atoms with Crippen molar-refractivity contribution >= 4 is 0 Å². The predicted octanol–water partition coefficient (Wildman–Crippen LogP) is 2.89. The van der Waals surface area contributed by atoms with E-state index in [0.717, 1.165) is 18.4 Å². The van der Waals surface area contributed by atoms with Gasteiger partial charge in [-0.2, -0.15) is 5.26 Å². The lowest BCUT2D eigenvalue weighted by Gasteiger charge is -2.27. The summed E-state index contributed by atoms with van der Waals surface area (Å²) in [5.41, 5.74) is 3.36. The fourth-order valence-corrected chi connectivity index (χ4v) is 2.63. The van der Waals surface area contributed by atoms with Crippen molar-refractivity contribution in [1.29, 1.82) is 5.26 Å². The van der Waals surface area contributed by atoms with Crippen molar-refractivity contribution in [2.45, 2.75) is 39.2 Å². The Labute approximate surface area is 96.5 Å². The summed E-state index contributed by atoms with van der Waals surface area (Å²) in [5, 5.41) is 19.0. The summed E-state index contributed by atoms with van der Waals surface area (Å²) in [7, 11) is 0. The maximum atomic E-state index is 10.3. The van der Waals surface area contributed by atoms with Gasteiger partial charge in [-0.15, -0.1) is 0 Å². The molecular weight excluding hydrogens is 198 g/mol. The molecule has 2 atom stereocenters. The SMILES string of the molecule is Cc1ccc2c(c1)CC(C)(CCC#N)C2O. The van der Waals surface area contributed by atoms with Crippen LogP contribution >= 0.6 is 0 Å². The average molecular weight is 215 g/mol. The van der Waals surface area contributed by atoms with Gasteiger partial charge in [0.05, 0.1) is 12.2 Å². The predicted molar refractivity (Wildman–Crippen MR) is 62.8 cm³/mol. The van der Waals surface area contributed by atoms with Crippen molar-refractivity contribution in [3.8, 4) is 6.07 Å². The largest absolute Gasteiger partial charge is 0.388 e. The number of nitrogens with zero attached hydrogens (tertiary/aromatic N) is 1. The summed E-state index contributed by atoms with van der Waals surface area (Å²) in [6, 6.07) is 8.38. The Morgan fingerprint density at radius 1 is 1.56 bits per heavy atom. The number of rotatable bonds is 2. The molecule has 0 aliphatic heterocycles. The maximum absolute atomic E-state index is 10.3. The quantitative estimate of drug-likeness (QED) is 0.824. The number of aryl methyl sites for hydroxylation is 1. The minimum absolute atomic E-state index is 0.161. The number of fused-ring (bicyclic) bond motifs is 1. The monoisotopic (exact) mass is 215 g/mol. The standard InChI is InChI=1S/C14H17NO/c1-10-4-5-12-11(8-10)9-14(2,13(12)16)6-3-7-15/h4-5,8,13,16H,3,6,9H2,1-2H3. The molecule has 0 aromatic heterocycles. The van der Waals surface area contributed by atoms with Crippen LogP contribution in [0.4, 0.5) is 0 Å². The van der Waals surface area contributed by atoms with E-state index in [0.29, 0.717) is 6.42 Å². The van der Waals surface area contributed by atoms with Crippen LogP contribution in [-0.4, -0.2) is 5.11 Å². The number of aliphatic hydroxyl groups is 1. The number of benzene rings is 1. The summed E-state index contributed by atoms with van der Waals surface area (Å²) < 4.78 is 0. The third kappa shape index (κ3) is 1.72. The molecule has 2 rings (SSSR count). The second kappa shape index (κ2) is 3.92. The lowest BCUT2D eigenvalue weighted by Crippen LogP contribution is -2.21. The number of hydrogen-bond donors (Lipinski definition) is 1. The number of nitriles is 1. The Kier molecular flexibility index (Phi) is 2.73. The van der Waals surface area contributed by atoms with Gasteiger partial charge in [-0.3, -0.25) is 0 Å². The molecule has 2 unspecified atom stereocenters. The van der Waals surface area contributed by atoms with Crippen molar-refractivity contribution in [3.05, 3.63) is 34.9 Å². The van der Waals surface area contributed by atoms with E-state index >= 15 is 0 Å². The molecule has 0 fully saturated rings. The molecule has 0 saturated heterocycles. The van der Waals surface area contributed by atoms with Crippen molar-refractivity contribution in [1.82, 2.24) is 0 Å². The Morgan fingerprint density at radius 3 is 3.00 bits per heavy atom. The number of hydrogen-bond acceptors (Lipinski definition) is 2. The minimum Gasteiger partial charge on any atom is -0.388 e. The second-order valence-corrected chi connectivity index (χ2v) is 5.09. The molecular formula is C14H17NO. The molecule has 0 bridgehead atoms. The third-order valence-corrected chi connectivity index (χ3v) is 3.66. The Bertz CT molecular complexity index is 447. The highest BCUT2D eigenvalue weighted by Crippen LogP contribution is 2.48. The van der Waals surface area contributed by atoms with Crippen LogP contribution in [0.5, 0.6) is 0 Å². The first-order valence-corrected chi connectivity index (χ1v) is 5.71. The molecule has 1 aliphatic carbocycles. The smallest absolute Gasteiger partial charge is 0.0849 e. The van der Waals surface area contributed by atoms with E-state index in [9.17, 15) is 5.11 Å². The lowest BCUT2D eigenvalue weighted by atomic mass is 9.80. The van der Waals surface area contributed by atoms with Gasteiger partial charge in [0.2, 0.25) is 0 Å². The summed E-state index contributed by atoms with van der Waals surface area (Å²) in [6.07, 6.45) is 1.74. The van der Waals surface area contributed by atoms with Gasteiger partial charge < -0.3 is 5.11 Å². The highest BCUT2D eigenvalue weighted by molar-refractivity contribution is 5.39. The van der Waals surface area contributed by atoms with Crippen molar-refractivity contribution in [2.75, 3.05) is 0 Å². The summed E-state index contributed by atoms with van der Waals surface area (Å²) in [6.45, 7) is 4.14. The van der Waals surface area contributed by atoms with Gasteiger partial charge in [-0.05, 0) is 30.9 Å². The first-order valence-electron chi connectivity index (χ1n) is 5.71. The summed E-state index contributed by atoms with van der Waals surface area (Å²) in [5.74, 6) is 0. The molecule has 1 aromatic carbocycles. The van der Waals surface area contributed by atoms with Crippen LogP contribution < -0.4 is 0 Å². The molecule has 0 saturated carbocycles. The highest BCUT2D eigenvalue weighted by atomic mass is 16.3. The van der Waals surface area contributed by atoms with E-state index in [1.165, 1.54) is 11.1 Å². The van der Waals surface area contributed by atoms with Gasteiger partial charge in [0.25, 0.3) is 0 Å². The van der Waals surface area contributed by atoms with Gasteiger partial charge >= 0.3 is 0 Å². The van der Waals surface area contributed by atoms with E-state index < -0.39 is 6.10 Å². The fraction of sp³-hybridized carbons (Fsp3) is 0.500. The van der Waals surface area contributed by atoms with Crippen LogP contribution in [0.3, 0.4) is 0 Å². The molecule has 0 radical (unpaired) electrons. The van der Waals surface area contributed by atoms with Crippen LogP contribution in [0.2, 0.25) is 0 Å². The molecule has 1 N–H and O–H groups in total. The lowest BCUT2D eigenvalue weighted by molar-refractivity contribution is 0.0471. The first-order chi connectivity index (χ1) is 7.57. The van der Waals surface area contributed by atoms with E-state index in [1.807, 2.05) is 12.1 Å². The van der Waals surface area contributed by atoms with Gasteiger partial charge in [-0.1, -0.05) is 30.7 Å². The third-order valence-electron chi connectivity index (χ3n) is 3.66. The van der Waals surface area contributed by atoms with Crippen molar-refractivity contribution in [3.63, 3.8) is 0 Å². The topological polar surface area (TPSA) is 44.0 Å². The molecule has 0 spiro atoms. The summed E-state index contributed by atoms with van der Waals surface area (Å²) in [4.78, 5) is 0. The molecule has 2 nitrogen and oxygen atoms in total. The zero-order valence-electron chi connectivity index (χ0n) is 9.83. The number of aliphatic hydroxyl groups excluding tert-OH is 1. The zero-order valence-corrected chi connectivity index (χ0v) is 9.83. The van der Waals surface area contributed by atoms with E-state index in [-0.39, 0.29) is 5.41 Å². The van der Waals surface area contributed by atoms with Gasteiger partial charge in [-0.25, -0.2) is 0 Å². The van der Waals surface area contributed by atoms with Crippen LogP contribution in [-0.2, 0) is 6.42 Å². The Morgan fingerprint density at radius 2 is 2.31 bits per heavy atom. The van der Waals surface area contributed by atoms with Crippen LogP contribution in [0, 0.1) is 23.7 Å². The molecule has 0 heterocycles. The van der Waals surface area contributed by atoms with Crippen LogP contribution in [0.1, 0.15) is 42.6 Å². The highest BCUT2D eigenvalue weighted by Gasteiger charge is 2.40. The fourth-order valence-electron chi connectivity index (χ4n) is 2.63. The average Bonchev–Trinajstić information content (AvgIpc) is 2.49. The molecule has 16 heavy (non-hydrogen) atoms. The normalized spacial score (nSPS) is 27.5. The summed E-state index contributed by atoms with van der Waals surface area (Å²) >= 11 is 0. The zero-order chi connectivity index (χ0) is 11.8. The maximum Gasteiger partial charge on any atom is 0.0849 e. The van der Waals surface area contributed by atoms with E-state index in [1.54, 1.807) is 0 Å². The first kappa shape index (κ1) is 11.2. The van der Waals surface area contributed by atoms with E-state index in [2.05, 4.69) is 26.0 Å². The molecule has 84 valence electrons.